The molecule has 0 saturated carbocycles. The Kier molecular flexibility index (Phi) is 16.0. The Bertz CT molecular complexity index is 1720. The molecule has 2 aliphatic carbocycles. The quantitative estimate of drug-likeness (QED) is 0.202. The third-order valence-corrected chi connectivity index (χ3v) is 10.0. The lowest BCUT2D eigenvalue weighted by Gasteiger charge is -2.37. The summed E-state index contributed by atoms with van der Waals surface area (Å²) < 4.78 is 11.0. The zero-order chi connectivity index (χ0) is 39.3. The monoisotopic (exact) mass is 723 g/mol. The molecule has 2 atom stereocenters. The molecule has 0 spiro atoms. The van der Waals surface area contributed by atoms with E-state index in [0.717, 1.165) is 34.3 Å². The number of hydrogen-bond donors (Lipinski definition) is 1. The first-order valence-electron chi connectivity index (χ1n) is 18.7. The third-order valence-electron chi connectivity index (χ3n) is 10.0. The number of hydrogen-bond acceptors (Lipinski definition) is 6. The maximum Gasteiger partial charge on any atom is 0.410 e. The van der Waals surface area contributed by atoms with Gasteiger partial charge in [-0.2, -0.15) is 0 Å². The van der Waals surface area contributed by atoms with Crippen LogP contribution >= 0.6 is 0 Å². The third kappa shape index (κ3) is 12.9. The first kappa shape index (κ1) is 43.1. The van der Waals surface area contributed by atoms with Gasteiger partial charge in [-0.3, -0.25) is 9.59 Å². The molecule has 1 amide bonds. The van der Waals surface area contributed by atoms with Gasteiger partial charge in [0.05, 0.1) is 13.2 Å². The number of amides is 1. The van der Waals surface area contributed by atoms with Crippen LogP contribution in [0.3, 0.4) is 0 Å². The minimum absolute atomic E-state index is 0.131. The molecule has 7 nitrogen and oxygen atoms in total. The van der Waals surface area contributed by atoms with E-state index in [9.17, 15) is 19.5 Å². The molecule has 0 aromatic rings. The normalized spacial score (nSPS) is 24.0. The van der Waals surface area contributed by atoms with E-state index in [4.69, 9.17) is 9.47 Å². The predicted octanol–water partition coefficient (Wildman–Crippen LogP) is 9.77. The first-order valence-corrected chi connectivity index (χ1v) is 18.7. The summed E-state index contributed by atoms with van der Waals surface area (Å²) in [6.45, 7) is 22.1. The highest BCUT2D eigenvalue weighted by molar-refractivity contribution is 6.02. The topological polar surface area (TPSA) is 93.1 Å². The molecule has 0 aromatic carbocycles. The lowest BCUT2D eigenvalue weighted by atomic mass is 9.71. The highest BCUT2D eigenvalue weighted by atomic mass is 16.6. The van der Waals surface area contributed by atoms with Crippen molar-refractivity contribution in [2.45, 2.75) is 101 Å². The van der Waals surface area contributed by atoms with Crippen LogP contribution in [-0.4, -0.2) is 66.2 Å². The molecular formula is C46H61NO6. The molecule has 7 heteroatoms. The Hall–Kier alpha value is -4.33. The summed E-state index contributed by atoms with van der Waals surface area (Å²) in [5.41, 5.74) is 7.16. The van der Waals surface area contributed by atoms with E-state index >= 15 is 0 Å². The molecule has 1 saturated heterocycles. The lowest BCUT2D eigenvalue weighted by Crippen LogP contribution is -2.45. The fraction of sp³-hybridized carbons (Fsp3) is 0.457. The molecule has 0 bridgehead atoms. The van der Waals surface area contributed by atoms with Crippen LogP contribution in [0.25, 0.3) is 0 Å². The van der Waals surface area contributed by atoms with Gasteiger partial charge in [0.2, 0.25) is 0 Å². The summed E-state index contributed by atoms with van der Waals surface area (Å²) >= 11 is 0. The van der Waals surface area contributed by atoms with Crippen molar-refractivity contribution in [2.24, 2.45) is 10.8 Å². The van der Waals surface area contributed by atoms with Gasteiger partial charge in [-0.05, 0) is 87.5 Å². The largest absolute Gasteiger partial charge is 0.438 e. The molecular weight excluding hydrogens is 663 g/mol. The van der Waals surface area contributed by atoms with Gasteiger partial charge < -0.3 is 19.5 Å². The van der Waals surface area contributed by atoms with E-state index in [0.29, 0.717) is 50.3 Å². The lowest BCUT2D eigenvalue weighted by molar-refractivity contribution is -0.127. The second-order valence-corrected chi connectivity index (χ2v) is 15.8. The summed E-state index contributed by atoms with van der Waals surface area (Å²) in [6, 6.07) is 0. The SMILES string of the molecule is CC1=C(/C=C/C(C)=C/C=C/C(C)=C/C=C/C=C(\C)C/C=C/C=C(C)/C=C/C2=C(C)C(=O)C(OC(=O)N3CCOCC3)CC2(C)C)C(C)(C)CC(O)C1=O. The van der Waals surface area contributed by atoms with E-state index in [1.54, 1.807) is 11.8 Å². The number of morpholine rings is 1. The summed E-state index contributed by atoms with van der Waals surface area (Å²) in [5.74, 6) is -0.308. The maximum atomic E-state index is 13.2. The van der Waals surface area contributed by atoms with Gasteiger partial charge in [-0.15, -0.1) is 0 Å². The first-order chi connectivity index (χ1) is 24.9. The van der Waals surface area contributed by atoms with Crippen LogP contribution in [0.4, 0.5) is 4.79 Å². The zero-order valence-corrected chi connectivity index (χ0v) is 33.6. The molecule has 1 N–H and O–H groups in total. The average molecular weight is 724 g/mol. The number of ketones is 2. The molecule has 1 heterocycles. The smallest absolute Gasteiger partial charge is 0.410 e. The summed E-state index contributed by atoms with van der Waals surface area (Å²) in [4.78, 5) is 39.7. The van der Waals surface area contributed by atoms with Crippen LogP contribution in [0.2, 0.25) is 0 Å². The van der Waals surface area contributed by atoms with Crippen LogP contribution < -0.4 is 0 Å². The summed E-state index contributed by atoms with van der Waals surface area (Å²) in [7, 11) is 0. The Labute approximate surface area is 318 Å². The number of nitrogens with zero attached hydrogens (tertiary/aromatic N) is 1. The number of Topliss-reactive ketones (excluding diaryl/α,β-unsaturated/α-hetero) is 2. The second kappa shape index (κ2) is 19.7. The van der Waals surface area contributed by atoms with E-state index in [1.165, 1.54) is 5.57 Å². The molecule has 286 valence electrons. The summed E-state index contributed by atoms with van der Waals surface area (Å²) in [6.07, 6.45) is 28.3. The van der Waals surface area contributed by atoms with Crippen LogP contribution in [0.5, 0.6) is 0 Å². The van der Waals surface area contributed by atoms with E-state index in [2.05, 4.69) is 78.0 Å². The van der Waals surface area contributed by atoms with E-state index in [1.807, 2.05) is 69.4 Å². The number of rotatable bonds is 12. The predicted molar refractivity (Wildman–Crippen MR) is 216 cm³/mol. The Morgan fingerprint density at radius 3 is 1.89 bits per heavy atom. The van der Waals surface area contributed by atoms with Gasteiger partial charge in [0.1, 0.15) is 6.10 Å². The van der Waals surface area contributed by atoms with Crippen LogP contribution in [-0.2, 0) is 19.1 Å². The average Bonchev–Trinajstić information content (AvgIpc) is 3.09. The Balaban J connectivity index is 1.49. The van der Waals surface area contributed by atoms with Crippen LogP contribution in [0.1, 0.15) is 88.5 Å². The van der Waals surface area contributed by atoms with Crippen molar-refractivity contribution in [2.75, 3.05) is 26.3 Å². The molecule has 0 aromatic heterocycles. The van der Waals surface area contributed by atoms with Gasteiger partial charge in [0.15, 0.2) is 17.7 Å². The fourth-order valence-electron chi connectivity index (χ4n) is 6.78. The second-order valence-electron chi connectivity index (χ2n) is 15.8. The van der Waals surface area contributed by atoms with Gasteiger partial charge in [-0.1, -0.05) is 135 Å². The van der Waals surface area contributed by atoms with Crippen molar-refractivity contribution < 1.29 is 29.0 Å². The highest BCUT2D eigenvalue weighted by Gasteiger charge is 2.40. The molecule has 53 heavy (non-hydrogen) atoms. The Morgan fingerprint density at radius 2 is 1.26 bits per heavy atom. The van der Waals surface area contributed by atoms with Crippen molar-refractivity contribution in [3.63, 3.8) is 0 Å². The highest BCUT2D eigenvalue weighted by Crippen LogP contribution is 2.41. The van der Waals surface area contributed by atoms with Gasteiger partial charge >= 0.3 is 6.09 Å². The number of aliphatic hydroxyl groups is 1. The molecule has 3 aliphatic rings. The number of allylic oxidation sites excluding steroid dienone is 20. The van der Waals surface area contributed by atoms with Crippen molar-refractivity contribution >= 4 is 17.7 Å². The van der Waals surface area contributed by atoms with Crippen molar-refractivity contribution in [1.29, 1.82) is 0 Å². The minimum atomic E-state index is -0.911. The number of aliphatic hydroxyl groups excluding tert-OH is 1. The maximum absolute atomic E-state index is 13.2. The zero-order valence-electron chi connectivity index (χ0n) is 33.6. The molecule has 3 rings (SSSR count). The van der Waals surface area contributed by atoms with Crippen LogP contribution in [0, 0.1) is 10.8 Å². The van der Waals surface area contributed by atoms with Gasteiger partial charge in [0.25, 0.3) is 0 Å². The number of carbonyl (C=O) groups excluding carboxylic acids is 3. The van der Waals surface area contributed by atoms with Gasteiger partial charge in [0, 0.05) is 19.5 Å². The molecule has 2 unspecified atom stereocenters. The van der Waals surface area contributed by atoms with E-state index in [-0.39, 0.29) is 22.4 Å². The molecule has 1 aliphatic heterocycles. The fourth-order valence-corrected chi connectivity index (χ4v) is 6.78. The molecule has 1 fully saturated rings. The van der Waals surface area contributed by atoms with Crippen molar-refractivity contribution in [3.05, 3.63) is 130 Å². The molecule has 0 radical (unpaired) electrons. The number of carbonyl (C=O) groups is 3. The summed E-state index contributed by atoms with van der Waals surface area (Å²) in [5, 5.41) is 10.1. The Morgan fingerprint density at radius 1 is 0.755 bits per heavy atom. The number of ether oxygens (including phenoxy) is 2. The standard InChI is InChI=1S/C46H61NO6/c1-32(16-11-12-18-33(2)20-15-21-35(4)23-24-38-36(5)42(49)40(48)30-45(38,7)8)17-13-14-19-34(3)22-25-39-37(6)43(50)41(31-46(39,9)10)53-44(51)47-26-28-52-29-27-47/h11-16,18-25,40-41,48H,17,26-31H2,1-10H3/b12-11+,14-13+,20-15+,24-23+,25-22+,32-16+,33-18+,34-19+,35-21+. The van der Waals surface area contributed by atoms with Crippen molar-refractivity contribution in [1.82, 2.24) is 4.90 Å². The van der Waals surface area contributed by atoms with Crippen LogP contribution in [0.15, 0.2) is 130 Å². The van der Waals surface area contributed by atoms with Gasteiger partial charge in [-0.25, -0.2) is 4.79 Å². The minimum Gasteiger partial charge on any atom is -0.438 e. The van der Waals surface area contributed by atoms with Crippen molar-refractivity contribution in [3.8, 4) is 0 Å². The van der Waals surface area contributed by atoms with E-state index < -0.39 is 18.3 Å².